The summed E-state index contributed by atoms with van der Waals surface area (Å²) in [4.78, 5) is 25.1. The third kappa shape index (κ3) is 4.17. The fourth-order valence-electron chi connectivity index (χ4n) is 3.01. The first-order chi connectivity index (χ1) is 13.1. The van der Waals surface area contributed by atoms with Crippen LogP contribution in [0, 0.1) is 0 Å². The van der Waals surface area contributed by atoms with Crippen LogP contribution in [0.4, 0.5) is 5.69 Å². The topological polar surface area (TPSA) is 69.6 Å². The van der Waals surface area contributed by atoms with E-state index in [0.717, 1.165) is 5.56 Å². The lowest BCUT2D eigenvalue weighted by molar-refractivity contribution is -0.115. The van der Waals surface area contributed by atoms with Crippen molar-refractivity contribution >= 4 is 22.4 Å². The van der Waals surface area contributed by atoms with Crippen molar-refractivity contribution in [2.24, 2.45) is 0 Å². The Balaban J connectivity index is 1.85. The average Bonchev–Trinajstić information content (AvgIpc) is 2.68. The van der Waals surface area contributed by atoms with E-state index in [0.29, 0.717) is 35.4 Å². The number of nitrogens with one attached hydrogen (secondary N) is 1. The quantitative estimate of drug-likeness (QED) is 0.698. The molecule has 6 heteroatoms. The summed E-state index contributed by atoms with van der Waals surface area (Å²) in [6, 6.07) is 14.6. The molecule has 1 aromatic heterocycles. The molecule has 0 aliphatic rings. The Labute approximate surface area is 157 Å². The van der Waals surface area contributed by atoms with Gasteiger partial charge in [0.05, 0.1) is 20.1 Å². The Morgan fingerprint density at radius 2 is 1.85 bits per heavy atom. The maximum Gasteiger partial charge on any atom is 0.258 e. The zero-order valence-corrected chi connectivity index (χ0v) is 15.4. The second-order valence-corrected chi connectivity index (χ2v) is 6.11. The van der Waals surface area contributed by atoms with Gasteiger partial charge in [0.2, 0.25) is 5.91 Å². The molecule has 0 aliphatic heterocycles. The van der Waals surface area contributed by atoms with Crippen LogP contribution in [-0.2, 0) is 22.5 Å². The number of methoxy groups -OCH3 is 2. The Bertz CT molecular complexity index is 1010. The maximum absolute atomic E-state index is 12.6. The van der Waals surface area contributed by atoms with Crippen molar-refractivity contribution in [1.82, 2.24) is 4.57 Å². The monoisotopic (exact) mass is 366 g/mol. The highest BCUT2D eigenvalue weighted by atomic mass is 16.5. The fourth-order valence-corrected chi connectivity index (χ4v) is 3.01. The standard InChI is InChI=1S/C21H22N2O4/c1-26-13-12-23-11-10-16-17(21(23)25)7-5-8-18(16)22-20(24)14-15-6-3-4-9-19(15)27-2/h3-11H,12-14H2,1-2H3,(H,22,24). The van der Waals surface area contributed by atoms with Gasteiger partial charge < -0.3 is 19.4 Å². The van der Waals surface area contributed by atoms with Crippen LogP contribution in [0.1, 0.15) is 5.56 Å². The molecule has 0 fully saturated rings. The third-order valence-corrected chi connectivity index (χ3v) is 4.37. The lowest BCUT2D eigenvalue weighted by atomic mass is 10.1. The molecule has 0 atom stereocenters. The highest BCUT2D eigenvalue weighted by molar-refractivity contribution is 6.02. The smallest absolute Gasteiger partial charge is 0.258 e. The molecule has 0 saturated carbocycles. The van der Waals surface area contributed by atoms with Gasteiger partial charge in [-0.3, -0.25) is 9.59 Å². The first kappa shape index (κ1) is 18.7. The number of benzene rings is 2. The number of rotatable bonds is 7. The van der Waals surface area contributed by atoms with Crippen LogP contribution < -0.4 is 15.6 Å². The molecule has 3 aromatic rings. The van der Waals surface area contributed by atoms with Crippen molar-refractivity contribution in [2.45, 2.75) is 13.0 Å². The van der Waals surface area contributed by atoms with Crippen molar-refractivity contribution in [3.63, 3.8) is 0 Å². The van der Waals surface area contributed by atoms with Gasteiger partial charge in [-0.2, -0.15) is 0 Å². The van der Waals surface area contributed by atoms with E-state index >= 15 is 0 Å². The Morgan fingerprint density at radius 3 is 2.63 bits per heavy atom. The zero-order chi connectivity index (χ0) is 19.2. The van der Waals surface area contributed by atoms with Crippen LogP contribution in [0.3, 0.4) is 0 Å². The zero-order valence-electron chi connectivity index (χ0n) is 15.4. The number of ether oxygens (including phenoxy) is 2. The third-order valence-electron chi connectivity index (χ3n) is 4.37. The van der Waals surface area contributed by atoms with Crippen molar-refractivity contribution in [1.29, 1.82) is 0 Å². The van der Waals surface area contributed by atoms with Gasteiger partial charge in [-0.05, 0) is 24.3 Å². The maximum atomic E-state index is 12.6. The number of pyridine rings is 1. The molecule has 0 bridgehead atoms. The first-order valence-corrected chi connectivity index (χ1v) is 8.67. The van der Waals surface area contributed by atoms with E-state index in [1.54, 1.807) is 43.2 Å². The minimum atomic E-state index is -0.171. The minimum Gasteiger partial charge on any atom is -0.496 e. The van der Waals surface area contributed by atoms with E-state index in [2.05, 4.69) is 5.32 Å². The van der Waals surface area contributed by atoms with E-state index < -0.39 is 0 Å². The SMILES string of the molecule is COCCn1ccc2c(NC(=O)Cc3ccccc3OC)cccc2c1=O. The number of anilines is 1. The molecule has 0 aliphatic carbocycles. The van der Waals surface area contributed by atoms with Crippen molar-refractivity contribution < 1.29 is 14.3 Å². The second-order valence-electron chi connectivity index (χ2n) is 6.11. The van der Waals surface area contributed by atoms with Crippen molar-refractivity contribution in [2.75, 3.05) is 26.1 Å². The van der Waals surface area contributed by atoms with Crippen molar-refractivity contribution in [3.05, 3.63) is 70.6 Å². The lowest BCUT2D eigenvalue weighted by Gasteiger charge is -2.12. The Kier molecular flexibility index (Phi) is 5.88. The number of amides is 1. The van der Waals surface area contributed by atoms with Crippen molar-refractivity contribution in [3.8, 4) is 5.75 Å². The number of fused-ring (bicyclic) bond motifs is 1. The molecule has 3 rings (SSSR count). The van der Waals surface area contributed by atoms with E-state index in [1.165, 1.54) is 0 Å². The summed E-state index contributed by atoms with van der Waals surface area (Å²) in [5, 5.41) is 4.18. The average molecular weight is 366 g/mol. The molecule has 0 spiro atoms. The molecule has 0 saturated heterocycles. The lowest BCUT2D eigenvalue weighted by Crippen LogP contribution is -2.22. The van der Waals surface area contributed by atoms with Crippen LogP contribution in [-0.4, -0.2) is 31.3 Å². The van der Waals surface area contributed by atoms with Gasteiger partial charge in [-0.15, -0.1) is 0 Å². The number of hydrogen-bond donors (Lipinski definition) is 1. The Hall–Kier alpha value is -3.12. The molecule has 2 aromatic carbocycles. The van der Waals surface area contributed by atoms with Crippen LogP contribution in [0.25, 0.3) is 10.8 Å². The summed E-state index contributed by atoms with van der Waals surface area (Å²) in [5.74, 6) is 0.502. The minimum absolute atomic E-state index is 0.106. The highest BCUT2D eigenvalue weighted by Gasteiger charge is 2.11. The van der Waals surface area contributed by atoms with E-state index in [-0.39, 0.29) is 17.9 Å². The number of hydrogen-bond acceptors (Lipinski definition) is 4. The number of carbonyl (C=O) groups excluding carboxylic acids is 1. The number of nitrogens with zero attached hydrogens (tertiary/aromatic N) is 1. The summed E-state index contributed by atoms with van der Waals surface area (Å²) in [7, 11) is 3.18. The summed E-state index contributed by atoms with van der Waals surface area (Å²) in [6.45, 7) is 0.941. The van der Waals surface area contributed by atoms with E-state index in [1.807, 2.05) is 30.3 Å². The molecule has 140 valence electrons. The van der Waals surface area contributed by atoms with E-state index in [9.17, 15) is 9.59 Å². The second kappa shape index (κ2) is 8.51. The molecule has 27 heavy (non-hydrogen) atoms. The fraction of sp³-hybridized carbons (Fsp3) is 0.238. The van der Waals surface area contributed by atoms with Crippen LogP contribution in [0.5, 0.6) is 5.75 Å². The molecule has 1 N–H and O–H groups in total. The molecule has 0 radical (unpaired) electrons. The van der Waals surface area contributed by atoms with Gasteiger partial charge in [0.25, 0.3) is 5.56 Å². The normalized spacial score (nSPS) is 10.7. The largest absolute Gasteiger partial charge is 0.496 e. The predicted molar refractivity (Wildman–Crippen MR) is 105 cm³/mol. The number of para-hydroxylation sites is 1. The number of carbonyl (C=O) groups is 1. The summed E-state index contributed by atoms with van der Waals surface area (Å²) in [6.07, 6.45) is 1.91. The highest BCUT2D eigenvalue weighted by Crippen LogP contribution is 2.22. The van der Waals surface area contributed by atoms with Gasteiger partial charge in [-0.1, -0.05) is 24.3 Å². The van der Waals surface area contributed by atoms with Gasteiger partial charge in [0.1, 0.15) is 5.75 Å². The van der Waals surface area contributed by atoms with Gasteiger partial charge >= 0.3 is 0 Å². The van der Waals surface area contributed by atoms with Gasteiger partial charge in [0.15, 0.2) is 0 Å². The summed E-state index contributed by atoms with van der Waals surface area (Å²) in [5.41, 5.74) is 1.31. The molecule has 6 nitrogen and oxygen atoms in total. The molecule has 1 heterocycles. The summed E-state index contributed by atoms with van der Waals surface area (Å²) < 4.78 is 11.9. The molecular formula is C21H22N2O4. The molecular weight excluding hydrogens is 344 g/mol. The van der Waals surface area contributed by atoms with Gasteiger partial charge in [-0.25, -0.2) is 0 Å². The summed E-state index contributed by atoms with van der Waals surface area (Å²) >= 11 is 0. The van der Waals surface area contributed by atoms with Crippen LogP contribution in [0.15, 0.2) is 59.5 Å². The number of aromatic nitrogens is 1. The molecule has 1 amide bonds. The van der Waals surface area contributed by atoms with Crippen LogP contribution >= 0.6 is 0 Å². The first-order valence-electron chi connectivity index (χ1n) is 8.67. The van der Waals surface area contributed by atoms with Gasteiger partial charge in [0, 0.05) is 41.9 Å². The van der Waals surface area contributed by atoms with Crippen LogP contribution in [0.2, 0.25) is 0 Å². The van der Waals surface area contributed by atoms with E-state index in [4.69, 9.17) is 9.47 Å². The molecule has 0 unspecified atom stereocenters. The Morgan fingerprint density at radius 1 is 1.04 bits per heavy atom. The predicted octanol–water partition coefficient (Wildman–Crippen LogP) is 2.84.